The number of hydrogen-bond donors (Lipinski definition) is 0. The zero-order valence-corrected chi connectivity index (χ0v) is 17.9. The van der Waals surface area contributed by atoms with Crippen LogP contribution in [0.1, 0.15) is 47.5 Å². The lowest BCUT2D eigenvalue weighted by molar-refractivity contribution is -0.120. The zero-order valence-electron chi connectivity index (χ0n) is 15.9. The Morgan fingerprint density at radius 2 is 1.46 bits per heavy atom. The highest BCUT2D eigenvalue weighted by Gasteiger charge is 2.60. The Morgan fingerprint density at radius 1 is 0.958 bits per heavy atom. The first-order valence-corrected chi connectivity index (χ1v) is 12.9. The summed E-state index contributed by atoms with van der Waals surface area (Å²) < 4.78 is 32.2. The molecule has 1 rings (SSSR count). The quantitative estimate of drug-likeness (QED) is 0.482. The van der Waals surface area contributed by atoms with Gasteiger partial charge in [0.05, 0.1) is 6.04 Å². The fraction of sp³-hybridized carbons (Fsp3) is 0.933. The molecule has 0 aromatic rings. The van der Waals surface area contributed by atoms with Crippen LogP contribution in [-0.2, 0) is 26.6 Å². The van der Waals surface area contributed by atoms with Gasteiger partial charge in [0.25, 0.3) is 0 Å². The van der Waals surface area contributed by atoms with Crippen LogP contribution in [-0.4, -0.2) is 67.1 Å². The molecular weight excluding hydrogens is 346 g/mol. The van der Waals surface area contributed by atoms with Crippen molar-refractivity contribution in [2.24, 2.45) is 0 Å². The number of ketones is 1. The summed E-state index contributed by atoms with van der Waals surface area (Å²) in [5.74, 6) is 0.216. The average Bonchev–Trinajstić information content (AvgIpc) is 2.89. The van der Waals surface area contributed by atoms with Crippen molar-refractivity contribution in [3.8, 4) is 0 Å². The predicted octanol–water partition coefficient (Wildman–Crippen LogP) is 2.21. The number of hydrogen-bond acceptors (Lipinski definition) is 7. The fourth-order valence-electron chi connectivity index (χ4n) is 3.05. The van der Waals surface area contributed by atoms with E-state index in [1.165, 1.54) is 0 Å². The summed E-state index contributed by atoms with van der Waals surface area (Å²) >= 11 is 0. The minimum absolute atomic E-state index is 0.216. The van der Waals surface area contributed by atoms with Gasteiger partial charge in [0.1, 0.15) is 0 Å². The minimum atomic E-state index is -3.27. The standard InChI is InChI=1S/C15H33NO6Si2/c1-7-14-15(17)12-13-16(14)24(20-10-4,21-11-5)22-23(6,18-8-2)19-9-3/h14H,7-13H2,1-6H3. The Balaban J connectivity index is 3.19. The van der Waals surface area contributed by atoms with Gasteiger partial charge >= 0.3 is 17.8 Å². The van der Waals surface area contributed by atoms with E-state index in [4.69, 9.17) is 21.8 Å². The topological polar surface area (TPSA) is 66.5 Å². The number of Topliss-reactive ketones (excluding diaryl/α,β-unsaturated/α-hetero) is 1. The molecule has 0 bridgehead atoms. The van der Waals surface area contributed by atoms with Crippen molar-refractivity contribution in [1.82, 2.24) is 4.57 Å². The Hall–Kier alpha value is -0.136. The van der Waals surface area contributed by atoms with Gasteiger partial charge in [-0.1, -0.05) is 6.92 Å². The molecule has 0 aromatic carbocycles. The van der Waals surface area contributed by atoms with Crippen molar-refractivity contribution in [3.63, 3.8) is 0 Å². The van der Waals surface area contributed by atoms with Crippen LogP contribution >= 0.6 is 0 Å². The summed E-state index contributed by atoms with van der Waals surface area (Å²) in [7, 11) is -6.21. The third-order valence-electron chi connectivity index (χ3n) is 3.87. The summed E-state index contributed by atoms with van der Waals surface area (Å²) in [6.45, 7) is 13.9. The maximum absolute atomic E-state index is 12.3. The number of carbonyl (C=O) groups is 1. The van der Waals surface area contributed by atoms with E-state index in [1.54, 1.807) is 0 Å². The van der Waals surface area contributed by atoms with E-state index in [1.807, 2.05) is 45.7 Å². The van der Waals surface area contributed by atoms with E-state index < -0.39 is 17.8 Å². The summed E-state index contributed by atoms with van der Waals surface area (Å²) in [4.78, 5) is 12.3. The minimum Gasteiger partial charge on any atom is -0.374 e. The van der Waals surface area contributed by atoms with Gasteiger partial charge in [0.2, 0.25) is 0 Å². The fourth-order valence-corrected chi connectivity index (χ4v) is 9.71. The van der Waals surface area contributed by atoms with Gasteiger partial charge < -0.3 is 21.8 Å². The molecule has 0 spiro atoms. The average molecular weight is 380 g/mol. The molecule has 1 aliphatic heterocycles. The van der Waals surface area contributed by atoms with Gasteiger partial charge in [0.15, 0.2) is 5.78 Å². The summed E-state index contributed by atoms with van der Waals surface area (Å²) in [6, 6.07) is -0.226. The Morgan fingerprint density at radius 3 is 1.88 bits per heavy atom. The molecule has 0 radical (unpaired) electrons. The van der Waals surface area contributed by atoms with Crippen molar-refractivity contribution in [2.45, 2.75) is 60.0 Å². The van der Waals surface area contributed by atoms with Gasteiger partial charge in [-0.2, -0.15) is 0 Å². The second-order valence-corrected chi connectivity index (χ2v) is 10.9. The van der Waals surface area contributed by atoms with Crippen molar-refractivity contribution >= 4 is 23.6 Å². The zero-order chi connectivity index (χ0) is 18.2. The Bertz CT molecular complexity index is 386. The van der Waals surface area contributed by atoms with Crippen molar-refractivity contribution < 1.29 is 26.6 Å². The van der Waals surface area contributed by atoms with E-state index in [0.717, 1.165) is 0 Å². The third kappa shape index (κ3) is 5.18. The lowest BCUT2D eigenvalue weighted by Crippen LogP contribution is -2.68. The molecule has 0 aromatic heterocycles. The van der Waals surface area contributed by atoms with E-state index in [-0.39, 0.29) is 11.8 Å². The number of nitrogens with zero attached hydrogens (tertiary/aromatic N) is 1. The number of rotatable bonds is 12. The largest absolute Gasteiger partial charge is 0.592 e. The molecule has 24 heavy (non-hydrogen) atoms. The van der Waals surface area contributed by atoms with E-state index in [9.17, 15) is 4.79 Å². The lowest BCUT2D eigenvalue weighted by atomic mass is 10.2. The van der Waals surface area contributed by atoms with E-state index in [2.05, 4.69) is 0 Å². The molecule has 0 amide bonds. The highest BCUT2D eigenvalue weighted by molar-refractivity contribution is 6.73. The second kappa shape index (κ2) is 10.1. The van der Waals surface area contributed by atoms with Crippen LogP contribution in [0.15, 0.2) is 0 Å². The van der Waals surface area contributed by atoms with E-state index >= 15 is 0 Å². The SMILES string of the molecule is CCO[Si](C)(OCC)O[Si](OCC)(OCC)N1CCC(=O)C1CC. The summed E-state index contributed by atoms with van der Waals surface area (Å²) in [5, 5.41) is 0. The van der Waals surface area contributed by atoms with Crippen LogP contribution in [0.25, 0.3) is 0 Å². The highest BCUT2D eigenvalue weighted by Crippen LogP contribution is 2.30. The lowest BCUT2D eigenvalue weighted by Gasteiger charge is -2.41. The normalized spacial score (nSPS) is 20.1. The van der Waals surface area contributed by atoms with Crippen molar-refractivity contribution in [3.05, 3.63) is 0 Å². The highest BCUT2D eigenvalue weighted by atomic mass is 28.5. The van der Waals surface area contributed by atoms with Crippen LogP contribution < -0.4 is 0 Å². The van der Waals surface area contributed by atoms with Crippen LogP contribution in [0.5, 0.6) is 0 Å². The maximum Gasteiger partial charge on any atom is 0.592 e. The molecule has 0 saturated carbocycles. The van der Waals surface area contributed by atoms with Crippen LogP contribution in [0.3, 0.4) is 0 Å². The second-order valence-electron chi connectivity index (χ2n) is 5.55. The first-order valence-electron chi connectivity index (χ1n) is 8.97. The summed E-state index contributed by atoms with van der Waals surface area (Å²) in [6.07, 6.45) is 1.21. The first-order chi connectivity index (χ1) is 11.4. The van der Waals surface area contributed by atoms with Gasteiger partial charge in [-0.15, -0.1) is 0 Å². The third-order valence-corrected chi connectivity index (χ3v) is 10.6. The smallest absolute Gasteiger partial charge is 0.374 e. The molecule has 1 saturated heterocycles. The predicted molar refractivity (Wildman–Crippen MR) is 95.4 cm³/mol. The molecule has 1 unspecified atom stereocenters. The molecule has 9 heteroatoms. The van der Waals surface area contributed by atoms with Gasteiger partial charge in [0, 0.05) is 45.9 Å². The van der Waals surface area contributed by atoms with Gasteiger partial charge in [-0.05, 0) is 34.1 Å². The molecule has 7 nitrogen and oxygen atoms in total. The van der Waals surface area contributed by atoms with Gasteiger partial charge in [-0.3, -0.25) is 4.79 Å². The van der Waals surface area contributed by atoms with Crippen LogP contribution in [0.4, 0.5) is 0 Å². The van der Waals surface area contributed by atoms with Crippen LogP contribution in [0, 0.1) is 0 Å². The van der Waals surface area contributed by atoms with Gasteiger partial charge in [-0.25, -0.2) is 4.57 Å². The molecule has 1 heterocycles. The van der Waals surface area contributed by atoms with Crippen molar-refractivity contribution in [1.29, 1.82) is 0 Å². The Kier molecular flexibility index (Phi) is 9.24. The summed E-state index contributed by atoms with van der Waals surface area (Å²) in [5.41, 5.74) is 0. The molecule has 0 aliphatic carbocycles. The molecule has 1 aliphatic rings. The number of carbonyl (C=O) groups excluding carboxylic acids is 1. The molecular formula is C15H33NO6Si2. The first kappa shape index (κ1) is 21.9. The van der Waals surface area contributed by atoms with Crippen molar-refractivity contribution in [2.75, 3.05) is 33.0 Å². The molecule has 142 valence electrons. The maximum atomic E-state index is 12.3. The van der Waals surface area contributed by atoms with Crippen LogP contribution in [0.2, 0.25) is 6.55 Å². The molecule has 1 fully saturated rings. The molecule has 1 atom stereocenters. The monoisotopic (exact) mass is 379 g/mol. The Labute approximate surface area is 148 Å². The molecule has 0 N–H and O–H groups in total. The van der Waals surface area contributed by atoms with E-state index in [0.29, 0.717) is 45.8 Å².